The monoisotopic (exact) mass is 268 g/mol. The number of aryl methyl sites for hydroxylation is 2. The number of carbonyl (C=O) groups is 1. The summed E-state index contributed by atoms with van der Waals surface area (Å²) in [5.74, 6) is 0.695. The number of rotatable bonds is 1. The van der Waals surface area contributed by atoms with Crippen molar-refractivity contribution >= 4 is 11.6 Å². The molecule has 0 radical (unpaired) electrons. The normalized spacial score (nSPS) is 13.6. The van der Waals surface area contributed by atoms with Crippen LogP contribution in [0.25, 0.3) is 0 Å². The molecule has 20 heavy (non-hydrogen) atoms. The molecule has 1 amide bonds. The molecule has 0 spiro atoms. The van der Waals surface area contributed by atoms with Crippen LogP contribution < -0.4 is 9.64 Å². The van der Waals surface area contributed by atoms with Gasteiger partial charge in [-0.3, -0.25) is 14.7 Å². The minimum Gasteiger partial charge on any atom is -0.490 e. The van der Waals surface area contributed by atoms with Gasteiger partial charge in [0.1, 0.15) is 18.1 Å². The number of hydrogen-bond acceptors (Lipinski definition) is 3. The summed E-state index contributed by atoms with van der Waals surface area (Å²) in [5.41, 5.74) is 3.50. The maximum Gasteiger partial charge on any atom is 0.277 e. The van der Waals surface area contributed by atoms with Gasteiger partial charge in [0.2, 0.25) is 0 Å². The minimum atomic E-state index is -0.0814. The second-order valence-electron chi connectivity index (χ2n) is 4.95. The van der Waals surface area contributed by atoms with E-state index in [4.69, 9.17) is 4.74 Å². The van der Waals surface area contributed by atoms with Crippen molar-refractivity contribution in [2.75, 3.05) is 18.1 Å². The Hall–Kier alpha value is -2.36. The third-order valence-corrected chi connectivity index (χ3v) is 3.38. The highest BCUT2D eigenvalue weighted by molar-refractivity contribution is 6.06. The molecule has 0 atom stereocenters. The summed E-state index contributed by atoms with van der Waals surface area (Å²) in [4.78, 5) is 18.5. The average molecular weight is 268 g/mol. The maximum atomic E-state index is 12.6. The molecule has 3 rings (SSSR count). The second-order valence-corrected chi connectivity index (χ2v) is 4.95. The van der Waals surface area contributed by atoms with Crippen LogP contribution in [0.5, 0.6) is 5.75 Å². The lowest BCUT2D eigenvalue weighted by molar-refractivity contribution is 0.0971. The van der Waals surface area contributed by atoms with E-state index in [1.54, 1.807) is 23.2 Å². The van der Waals surface area contributed by atoms with Crippen LogP contribution in [0, 0.1) is 13.8 Å². The minimum absolute atomic E-state index is 0.0814. The SMILES string of the molecule is Cc1cc(C)c2c(c1)OCCN2C(=O)c1ccccn1. The first-order chi connectivity index (χ1) is 9.66. The van der Waals surface area contributed by atoms with Crippen molar-refractivity contribution < 1.29 is 9.53 Å². The standard InChI is InChI=1S/C16H16N2O2/c1-11-9-12(2)15-14(10-11)20-8-7-18(15)16(19)13-5-3-4-6-17-13/h3-6,9-10H,7-8H2,1-2H3. The lowest BCUT2D eigenvalue weighted by atomic mass is 10.1. The van der Waals surface area contributed by atoms with E-state index in [1.807, 2.05) is 26.0 Å². The zero-order valence-corrected chi connectivity index (χ0v) is 11.6. The Bertz CT molecular complexity index is 653. The summed E-state index contributed by atoms with van der Waals surface area (Å²) in [6.45, 7) is 5.08. The van der Waals surface area contributed by atoms with Gasteiger partial charge in [0.05, 0.1) is 12.2 Å². The first-order valence-electron chi connectivity index (χ1n) is 6.64. The molecule has 1 aromatic heterocycles. The van der Waals surface area contributed by atoms with E-state index in [-0.39, 0.29) is 5.91 Å². The first kappa shape index (κ1) is 12.7. The summed E-state index contributed by atoms with van der Waals surface area (Å²) in [6, 6.07) is 9.40. The number of nitrogens with zero attached hydrogens (tertiary/aromatic N) is 2. The summed E-state index contributed by atoms with van der Waals surface area (Å²) >= 11 is 0. The third kappa shape index (κ3) is 2.13. The Morgan fingerprint density at radius 2 is 2.15 bits per heavy atom. The Balaban J connectivity index is 2.04. The van der Waals surface area contributed by atoms with Crippen LogP contribution >= 0.6 is 0 Å². The molecule has 2 heterocycles. The number of carbonyl (C=O) groups excluding carboxylic acids is 1. The highest BCUT2D eigenvalue weighted by Crippen LogP contribution is 2.36. The molecule has 0 bridgehead atoms. The fraction of sp³-hybridized carbons (Fsp3) is 0.250. The zero-order valence-electron chi connectivity index (χ0n) is 11.6. The van der Waals surface area contributed by atoms with Gasteiger partial charge in [0.15, 0.2) is 0 Å². The molecule has 0 aliphatic carbocycles. The molecule has 0 fully saturated rings. The number of anilines is 1. The topological polar surface area (TPSA) is 42.4 Å². The van der Waals surface area contributed by atoms with E-state index in [0.717, 1.165) is 22.6 Å². The molecule has 4 nitrogen and oxygen atoms in total. The molecule has 1 aromatic carbocycles. The Morgan fingerprint density at radius 1 is 1.30 bits per heavy atom. The van der Waals surface area contributed by atoms with Gasteiger partial charge in [0, 0.05) is 6.20 Å². The van der Waals surface area contributed by atoms with Gasteiger partial charge >= 0.3 is 0 Å². The number of fused-ring (bicyclic) bond motifs is 1. The van der Waals surface area contributed by atoms with Gasteiger partial charge in [0.25, 0.3) is 5.91 Å². The van der Waals surface area contributed by atoms with Crippen molar-refractivity contribution in [1.29, 1.82) is 0 Å². The molecule has 0 saturated carbocycles. The maximum absolute atomic E-state index is 12.6. The zero-order chi connectivity index (χ0) is 14.1. The lowest BCUT2D eigenvalue weighted by Gasteiger charge is -2.31. The number of benzene rings is 1. The van der Waals surface area contributed by atoms with Crippen molar-refractivity contribution in [3.05, 3.63) is 53.3 Å². The molecule has 4 heteroatoms. The van der Waals surface area contributed by atoms with Crippen LogP contribution in [0.4, 0.5) is 5.69 Å². The van der Waals surface area contributed by atoms with Crippen molar-refractivity contribution in [3.8, 4) is 5.75 Å². The Labute approximate surface area is 118 Å². The van der Waals surface area contributed by atoms with Crippen LogP contribution in [0.3, 0.4) is 0 Å². The molecular formula is C16H16N2O2. The molecule has 0 N–H and O–H groups in total. The summed E-state index contributed by atoms with van der Waals surface area (Å²) < 4.78 is 5.69. The molecular weight excluding hydrogens is 252 g/mol. The van der Waals surface area contributed by atoms with Crippen LogP contribution in [0.2, 0.25) is 0 Å². The highest BCUT2D eigenvalue weighted by atomic mass is 16.5. The van der Waals surface area contributed by atoms with Gasteiger partial charge in [-0.15, -0.1) is 0 Å². The average Bonchev–Trinajstić information content (AvgIpc) is 2.46. The van der Waals surface area contributed by atoms with Gasteiger partial charge in [-0.1, -0.05) is 12.1 Å². The lowest BCUT2D eigenvalue weighted by Crippen LogP contribution is -2.38. The van der Waals surface area contributed by atoms with Crippen molar-refractivity contribution in [3.63, 3.8) is 0 Å². The first-order valence-corrected chi connectivity index (χ1v) is 6.64. The molecule has 0 saturated heterocycles. The smallest absolute Gasteiger partial charge is 0.277 e. The van der Waals surface area contributed by atoms with E-state index in [9.17, 15) is 4.79 Å². The molecule has 1 aliphatic rings. The summed E-state index contributed by atoms with van der Waals surface area (Å²) in [6.07, 6.45) is 1.64. The van der Waals surface area contributed by atoms with Gasteiger partial charge in [-0.2, -0.15) is 0 Å². The number of aromatic nitrogens is 1. The highest BCUT2D eigenvalue weighted by Gasteiger charge is 2.27. The van der Waals surface area contributed by atoms with Crippen LogP contribution in [-0.2, 0) is 0 Å². The van der Waals surface area contributed by atoms with E-state index < -0.39 is 0 Å². The van der Waals surface area contributed by atoms with Crippen molar-refractivity contribution in [1.82, 2.24) is 4.98 Å². The molecule has 2 aromatic rings. The summed E-state index contributed by atoms with van der Waals surface area (Å²) in [5, 5.41) is 0. The quantitative estimate of drug-likeness (QED) is 0.798. The van der Waals surface area contributed by atoms with Crippen molar-refractivity contribution in [2.24, 2.45) is 0 Å². The van der Waals surface area contributed by atoms with Crippen LogP contribution in [0.1, 0.15) is 21.6 Å². The van der Waals surface area contributed by atoms with Crippen LogP contribution in [-0.4, -0.2) is 24.0 Å². The number of ether oxygens (including phenoxy) is 1. The Morgan fingerprint density at radius 3 is 2.90 bits per heavy atom. The molecule has 102 valence electrons. The fourth-order valence-electron chi connectivity index (χ4n) is 2.57. The summed E-state index contributed by atoms with van der Waals surface area (Å²) in [7, 11) is 0. The predicted molar refractivity (Wildman–Crippen MR) is 77.3 cm³/mol. The van der Waals surface area contributed by atoms with Gasteiger partial charge < -0.3 is 4.74 Å². The molecule has 1 aliphatic heterocycles. The van der Waals surface area contributed by atoms with E-state index in [2.05, 4.69) is 11.1 Å². The van der Waals surface area contributed by atoms with Crippen molar-refractivity contribution in [2.45, 2.75) is 13.8 Å². The second kappa shape index (κ2) is 4.96. The molecule has 0 unspecified atom stereocenters. The number of pyridine rings is 1. The largest absolute Gasteiger partial charge is 0.490 e. The van der Waals surface area contributed by atoms with Gasteiger partial charge in [-0.25, -0.2) is 0 Å². The van der Waals surface area contributed by atoms with E-state index in [0.29, 0.717) is 18.8 Å². The van der Waals surface area contributed by atoms with E-state index in [1.165, 1.54) is 0 Å². The van der Waals surface area contributed by atoms with Gasteiger partial charge in [-0.05, 0) is 43.2 Å². The fourth-order valence-corrected chi connectivity index (χ4v) is 2.57. The van der Waals surface area contributed by atoms with E-state index >= 15 is 0 Å². The number of amides is 1. The number of hydrogen-bond donors (Lipinski definition) is 0. The predicted octanol–water partition coefficient (Wildman–Crippen LogP) is 2.74. The van der Waals surface area contributed by atoms with Crippen LogP contribution in [0.15, 0.2) is 36.5 Å². The Kier molecular flexibility index (Phi) is 3.14. The third-order valence-electron chi connectivity index (χ3n) is 3.38.